The van der Waals surface area contributed by atoms with Crippen LogP contribution >= 0.6 is 0 Å². The van der Waals surface area contributed by atoms with Crippen LogP contribution in [0.5, 0.6) is 5.75 Å². The van der Waals surface area contributed by atoms with Gasteiger partial charge in [0.05, 0.1) is 11.5 Å². The lowest BCUT2D eigenvalue weighted by Crippen LogP contribution is -2.16. The molecule has 2 heterocycles. The molecule has 1 atom stereocenters. The number of fused-ring (bicyclic) bond motifs is 1. The second-order valence-electron chi connectivity index (χ2n) is 5.99. The highest BCUT2D eigenvalue weighted by atomic mass is 19.1. The molecule has 0 fully saturated rings. The number of carbonyl (C=O) groups excluding carboxylic acids is 1. The molecule has 0 radical (unpaired) electrons. The summed E-state index contributed by atoms with van der Waals surface area (Å²) < 4.78 is 14.0. The van der Waals surface area contributed by atoms with E-state index in [1.807, 2.05) is 36.4 Å². The zero-order chi connectivity index (χ0) is 17.4. The molecule has 2 aromatic carbocycles. The Morgan fingerprint density at radius 1 is 1.12 bits per heavy atom. The molecular weight excluding hydrogens is 319 g/mol. The molecule has 5 heteroatoms. The minimum atomic E-state index is -0.636. The first-order valence-corrected chi connectivity index (χ1v) is 7.95. The van der Waals surface area contributed by atoms with Gasteiger partial charge < -0.3 is 10.4 Å². The Morgan fingerprint density at radius 2 is 1.92 bits per heavy atom. The van der Waals surface area contributed by atoms with Gasteiger partial charge in [-0.2, -0.15) is 0 Å². The van der Waals surface area contributed by atoms with Gasteiger partial charge in [0.1, 0.15) is 17.4 Å². The van der Waals surface area contributed by atoms with Crippen LogP contribution in [0.2, 0.25) is 0 Å². The van der Waals surface area contributed by atoms with Gasteiger partial charge in [0.25, 0.3) is 0 Å². The van der Waals surface area contributed by atoms with Crippen molar-refractivity contribution < 1.29 is 14.3 Å². The zero-order valence-electron chi connectivity index (χ0n) is 13.2. The Bertz CT molecular complexity index is 957. The molecule has 0 aliphatic carbocycles. The predicted molar refractivity (Wildman–Crippen MR) is 93.3 cm³/mol. The Kier molecular flexibility index (Phi) is 3.69. The van der Waals surface area contributed by atoms with E-state index in [0.29, 0.717) is 12.4 Å². The standard InChI is InChI=1S/C20H15FN2O2/c21-18-7-6-14(24)9-16(18)19(25)17-11-23-20-15(17)8-13(10-22-20)12-4-2-1-3-5-12/h1-10,17,24H,11H2,(H,22,23). The van der Waals surface area contributed by atoms with E-state index in [4.69, 9.17) is 0 Å². The number of hydrogen-bond donors (Lipinski definition) is 2. The van der Waals surface area contributed by atoms with Crippen molar-refractivity contribution in [2.24, 2.45) is 0 Å². The number of aromatic nitrogens is 1. The van der Waals surface area contributed by atoms with E-state index in [1.54, 1.807) is 6.20 Å². The van der Waals surface area contributed by atoms with Crippen LogP contribution < -0.4 is 5.32 Å². The van der Waals surface area contributed by atoms with E-state index in [9.17, 15) is 14.3 Å². The highest BCUT2D eigenvalue weighted by Gasteiger charge is 2.32. The third kappa shape index (κ3) is 2.74. The Balaban J connectivity index is 1.74. The fourth-order valence-electron chi connectivity index (χ4n) is 3.12. The van der Waals surface area contributed by atoms with Crippen LogP contribution in [0.4, 0.5) is 10.2 Å². The number of pyridine rings is 1. The Morgan fingerprint density at radius 3 is 2.72 bits per heavy atom. The van der Waals surface area contributed by atoms with Crippen molar-refractivity contribution in [3.05, 3.63) is 77.7 Å². The topological polar surface area (TPSA) is 62.2 Å². The van der Waals surface area contributed by atoms with Crippen LogP contribution in [0.1, 0.15) is 21.8 Å². The van der Waals surface area contributed by atoms with E-state index < -0.39 is 11.7 Å². The van der Waals surface area contributed by atoms with Crippen molar-refractivity contribution >= 4 is 11.6 Å². The summed E-state index contributed by atoms with van der Waals surface area (Å²) in [5, 5.41) is 12.7. The molecule has 3 aromatic rings. The molecule has 1 unspecified atom stereocenters. The molecule has 0 saturated heterocycles. The number of rotatable bonds is 3. The number of benzene rings is 2. The first kappa shape index (κ1) is 15.3. The van der Waals surface area contributed by atoms with E-state index in [2.05, 4.69) is 10.3 Å². The minimum Gasteiger partial charge on any atom is -0.508 e. The van der Waals surface area contributed by atoms with Crippen LogP contribution in [-0.2, 0) is 0 Å². The normalized spacial score (nSPS) is 15.5. The van der Waals surface area contributed by atoms with Gasteiger partial charge >= 0.3 is 0 Å². The lowest BCUT2D eigenvalue weighted by atomic mass is 9.91. The quantitative estimate of drug-likeness (QED) is 0.711. The molecule has 0 saturated carbocycles. The van der Waals surface area contributed by atoms with Crippen molar-refractivity contribution in [2.45, 2.75) is 5.92 Å². The van der Waals surface area contributed by atoms with Gasteiger partial charge in [-0.1, -0.05) is 30.3 Å². The maximum absolute atomic E-state index is 14.0. The summed E-state index contributed by atoms with van der Waals surface area (Å²) in [4.78, 5) is 17.2. The summed E-state index contributed by atoms with van der Waals surface area (Å²) in [6.45, 7) is 0.356. The lowest BCUT2D eigenvalue weighted by Gasteiger charge is -2.11. The third-order valence-electron chi connectivity index (χ3n) is 4.41. The lowest BCUT2D eigenvalue weighted by molar-refractivity contribution is 0.0962. The van der Waals surface area contributed by atoms with Crippen molar-refractivity contribution in [2.75, 3.05) is 11.9 Å². The summed E-state index contributed by atoms with van der Waals surface area (Å²) in [7, 11) is 0. The molecule has 1 aliphatic heterocycles. The van der Waals surface area contributed by atoms with Gasteiger partial charge in [0, 0.05) is 23.9 Å². The van der Waals surface area contributed by atoms with Crippen molar-refractivity contribution in [1.29, 1.82) is 0 Å². The van der Waals surface area contributed by atoms with Gasteiger partial charge in [-0.3, -0.25) is 4.79 Å². The van der Waals surface area contributed by atoms with Crippen LogP contribution in [0.15, 0.2) is 60.8 Å². The zero-order valence-corrected chi connectivity index (χ0v) is 13.2. The number of Topliss-reactive ketones (excluding diaryl/α,β-unsaturated/α-hetero) is 1. The van der Waals surface area contributed by atoms with Crippen LogP contribution in [0.3, 0.4) is 0 Å². The van der Waals surface area contributed by atoms with E-state index in [-0.39, 0.29) is 17.1 Å². The van der Waals surface area contributed by atoms with Crippen LogP contribution in [-0.4, -0.2) is 22.4 Å². The number of hydrogen-bond acceptors (Lipinski definition) is 4. The number of anilines is 1. The van der Waals surface area contributed by atoms with E-state index in [0.717, 1.165) is 22.8 Å². The van der Waals surface area contributed by atoms with Gasteiger partial charge in [-0.25, -0.2) is 9.37 Å². The van der Waals surface area contributed by atoms with Gasteiger partial charge in [0.15, 0.2) is 5.78 Å². The maximum atomic E-state index is 14.0. The average molecular weight is 334 g/mol. The molecule has 25 heavy (non-hydrogen) atoms. The fourth-order valence-corrected chi connectivity index (χ4v) is 3.12. The second kappa shape index (κ2) is 6.02. The number of nitrogens with zero attached hydrogens (tertiary/aromatic N) is 1. The van der Waals surface area contributed by atoms with Crippen molar-refractivity contribution in [1.82, 2.24) is 4.98 Å². The largest absolute Gasteiger partial charge is 0.508 e. The number of halogens is 1. The molecular formula is C20H15FN2O2. The molecule has 1 aliphatic rings. The Labute approximate surface area is 144 Å². The smallest absolute Gasteiger partial charge is 0.175 e. The molecule has 0 spiro atoms. The number of aromatic hydroxyl groups is 1. The van der Waals surface area contributed by atoms with Crippen LogP contribution in [0, 0.1) is 5.82 Å². The SMILES string of the molecule is O=C(c1cc(O)ccc1F)C1CNc2ncc(-c3ccccc3)cc21. The highest BCUT2D eigenvalue weighted by molar-refractivity contribution is 6.03. The van der Waals surface area contributed by atoms with Gasteiger partial charge in [-0.05, 0) is 29.8 Å². The summed E-state index contributed by atoms with van der Waals surface area (Å²) >= 11 is 0. The summed E-state index contributed by atoms with van der Waals surface area (Å²) in [6, 6.07) is 15.2. The van der Waals surface area contributed by atoms with Crippen molar-refractivity contribution in [3.63, 3.8) is 0 Å². The van der Waals surface area contributed by atoms with Gasteiger partial charge in [-0.15, -0.1) is 0 Å². The number of ketones is 1. The van der Waals surface area contributed by atoms with E-state index in [1.165, 1.54) is 12.1 Å². The summed E-state index contributed by atoms with van der Waals surface area (Å²) in [5.41, 5.74) is 2.54. The van der Waals surface area contributed by atoms with Crippen LogP contribution in [0.25, 0.3) is 11.1 Å². The molecule has 124 valence electrons. The number of phenolic OH excluding ortho intramolecular Hbond substituents is 1. The molecule has 2 N–H and O–H groups in total. The predicted octanol–water partition coefficient (Wildman–Crippen LogP) is 3.99. The Hall–Kier alpha value is -3.21. The average Bonchev–Trinajstić information content (AvgIpc) is 3.07. The van der Waals surface area contributed by atoms with E-state index >= 15 is 0 Å². The molecule has 0 bridgehead atoms. The van der Waals surface area contributed by atoms with Crippen molar-refractivity contribution in [3.8, 4) is 16.9 Å². The number of carbonyl (C=O) groups is 1. The fraction of sp³-hybridized carbons (Fsp3) is 0.100. The first-order valence-electron chi connectivity index (χ1n) is 7.95. The molecule has 0 amide bonds. The number of phenols is 1. The van der Waals surface area contributed by atoms with Gasteiger partial charge in [0.2, 0.25) is 0 Å². The third-order valence-corrected chi connectivity index (χ3v) is 4.41. The number of nitrogens with one attached hydrogen (secondary N) is 1. The molecule has 4 rings (SSSR count). The maximum Gasteiger partial charge on any atom is 0.175 e. The highest BCUT2D eigenvalue weighted by Crippen LogP contribution is 2.35. The minimum absolute atomic E-state index is 0.107. The first-order chi connectivity index (χ1) is 12.1. The molecule has 4 nitrogen and oxygen atoms in total. The monoisotopic (exact) mass is 334 g/mol. The summed E-state index contributed by atoms with van der Waals surface area (Å²) in [5.74, 6) is -1.04. The molecule has 1 aromatic heterocycles. The second-order valence-corrected chi connectivity index (χ2v) is 5.99. The summed E-state index contributed by atoms with van der Waals surface area (Å²) in [6.07, 6.45) is 1.75.